The number of benzene rings is 2. The van der Waals surface area contributed by atoms with E-state index in [4.69, 9.17) is 18.9 Å². The molecule has 0 saturated heterocycles. The van der Waals surface area contributed by atoms with Crippen LogP contribution in [-0.4, -0.2) is 49.3 Å². The van der Waals surface area contributed by atoms with Gasteiger partial charge in [-0.2, -0.15) is 0 Å². The third-order valence-corrected chi connectivity index (χ3v) is 4.70. The quantitative estimate of drug-likeness (QED) is 0.257. The van der Waals surface area contributed by atoms with E-state index in [1.165, 1.54) is 0 Å². The fraction of sp³-hybridized carbons (Fsp3) is 0.467. The molecule has 0 heterocycles. The molecule has 0 aromatic heterocycles. The monoisotopic (exact) mass is 528 g/mol. The van der Waals surface area contributed by atoms with E-state index in [1.807, 2.05) is 39.8 Å². The van der Waals surface area contributed by atoms with E-state index in [1.54, 1.807) is 62.4 Å². The van der Waals surface area contributed by atoms with E-state index < -0.39 is 24.1 Å². The van der Waals surface area contributed by atoms with Crippen LogP contribution in [-0.2, 0) is 28.5 Å². The van der Waals surface area contributed by atoms with Gasteiger partial charge in [-0.15, -0.1) is 0 Å². The van der Waals surface area contributed by atoms with Gasteiger partial charge < -0.3 is 18.9 Å². The first kappa shape index (κ1) is 32.3. The van der Waals surface area contributed by atoms with E-state index in [9.17, 15) is 19.2 Å². The third kappa shape index (κ3) is 14.8. The molecule has 2 atom stereocenters. The fourth-order valence-electron chi connectivity index (χ4n) is 2.84. The van der Waals surface area contributed by atoms with E-state index in [-0.39, 0.29) is 24.8 Å². The summed E-state index contributed by atoms with van der Waals surface area (Å²) in [6.07, 6.45) is -0.837. The molecule has 2 aromatic carbocycles. The fourth-order valence-corrected chi connectivity index (χ4v) is 2.84. The van der Waals surface area contributed by atoms with Gasteiger partial charge in [-0.3, -0.25) is 9.59 Å². The van der Waals surface area contributed by atoms with Crippen LogP contribution in [0, 0.1) is 11.8 Å². The minimum atomic E-state index is -0.493. The SMILES string of the molecule is CC(C)COC(=O)CC(C)OC(=O)c1ccccc1.CC(C)COC(=O)CC(C)OC(=O)c1ccccc1. The molecule has 0 bridgehead atoms. The van der Waals surface area contributed by atoms with Gasteiger partial charge in [0.25, 0.3) is 0 Å². The molecule has 38 heavy (non-hydrogen) atoms. The summed E-state index contributed by atoms with van der Waals surface area (Å²) in [5.41, 5.74) is 0.954. The van der Waals surface area contributed by atoms with Gasteiger partial charge in [0, 0.05) is 0 Å². The molecule has 2 aromatic rings. The molecular weight excluding hydrogens is 488 g/mol. The maximum atomic E-state index is 11.7. The smallest absolute Gasteiger partial charge is 0.338 e. The van der Waals surface area contributed by atoms with Crippen molar-refractivity contribution in [1.82, 2.24) is 0 Å². The predicted molar refractivity (Wildman–Crippen MR) is 143 cm³/mol. The van der Waals surface area contributed by atoms with Crippen LogP contribution in [0.2, 0.25) is 0 Å². The van der Waals surface area contributed by atoms with Crippen molar-refractivity contribution in [3.05, 3.63) is 71.8 Å². The summed E-state index contributed by atoms with van der Waals surface area (Å²) in [4.78, 5) is 46.4. The van der Waals surface area contributed by atoms with Crippen LogP contribution in [0.25, 0.3) is 0 Å². The highest BCUT2D eigenvalue weighted by Gasteiger charge is 2.17. The van der Waals surface area contributed by atoms with Gasteiger partial charge in [0.05, 0.1) is 37.2 Å². The zero-order valence-corrected chi connectivity index (χ0v) is 23.2. The van der Waals surface area contributed by atoms with Gasteiger partial charge in [0.2, 0.25) is 0 Å². The van der Waals surface area contributed by atoms with Crippen molar-refractivity contribution in [3.8, 4) is 0 Å². The number of carbonyl (C=O) groups excluding carboxylic acids is 4. The summed E-state index contributed by atoms with van der Waals surface area (Å²) in [6, 6.07) is 17.4. The Kier molecular flexibility index (Phi) is 15.1. The maximum Gasteiger partial charge on any atom is 0.338 e. The predicted octanol–water partition coefficient (Wildman–Crippen LogP) is 5.64. The van der Waals surface area contributed by atoms with Crippen molar-refractivity contribution in [1.29, 1.82) is 0 Å². The topological polar surface area (TPSA) is 105 Å². The van der Waals surface area contributed by atoms with Gasteiger partial charge in [-0.05, 0) is 49.9 Å². The lowest BCUT2D eigenvalue weighted by atomic mass is 10.2. The average molecular weight is 529 g/mol. The minimum absolute atomic E-state index is 0.0747. The highest BCUT2D eigenvalue weighted by molar-refractivity contribution is 5.90. The molecular formula is C30H40O8. The molecule has 2 rings (SSSR count). The lowest BCUT2D eigenvalue weighted by molar-refractivity contribution is -0.147. The zero-order valence-electron chi connectivity index (χ0n) is 23.2. The van der Waals surface area contributed by atoms with Crippen molar-refractivity contribution in [2.45, 2.75) is 66.6 Å². The number of rotatable bonds is 12. The molecule has 0 radical (unpaired) electrons. The summed E-state index contributed by atoms with van der Waals surface area (Å²) < 4.78 is 20.4. The number of hydrogen-bond acceptors (Lipinski definition) is 8. The Bertz CT molecular complexity index is 904. The molecule has 208 valence electrons. The highest BCUT2D eigenvalue weighted by atomic mass is 16.6. The number of hydrogen-bond donors (Lipinski definition) is 0. The second-order valence-electron chi connectivity index (χ2n) is 9.73. The summed E-state index contributed by atoms with van der Waals surface area (Å²) in [5.74, 6) is -0.948. The molecule has 0 spiro atoms. The second kappa shape index (κ2) is 17.7. The molecule has 8 nitrogen and oxygen atoms in total. The van der Waals surface area contributed by atoms with Crippen LogP contribution >= 0.6 is 0 Å². The Morgan fingerprint density at radius 2 is 0.868 bits per heavy atom. The van der Waals surface area contributed by atoms with Crippen LogP contribution in [0.4, 0.5) is 0 Å². The summed E-state index contributed by atoms with van der Waals surface area (Å²) in [7, 11) is 0. The number of ether oxygens (including phenoxy) is 4. The Balaban J connectivity index is 0.000000380. The molecule has 0 aliphatic rings. The molecule has 0 amide bonds. The van der Waals surface area contributed by atoms with Crippen LogP contribution < -0.4 is 0 Å². The first-order valence-electron chi connectivity index (χ1n) is 12.8. The molecule has 0 aliphatic heterocycles. The molecule has 0 aliphatic carbocycles. The van der Waals surface area contributed by atoms with E-state index in [0.717, 1.165) is 0 Å². The van der Waals surface area contributed by atoms with E-state index >= 15 is 0 Å². The van der Waals surface area contributed by atoms with Gasteiger partial charge in [0.15, 0.2) is 0 Å². The van der Waals surface area contributed by atoms with Crippen molar-refractivity contribution >= 4 is 23.9 Å². The van der Waals surface area contributed by atoms with E-state index in [2.05, 4.69) is 0 Å². The van der Waals surface area contributed by atoms with Crippen LogP contribution in [0.5, 0.6) is 0 Å². The maximum absolute atomic E-state index is 11.7. The van der Waals surface area contributed by atoms with Gasteiger partial charge in [0.1, 0.15) is 12.2 Å². The Hall–Kier alpha value is -3.68. The standard InChI is InChI=1S/2C15H20O4/c2*1-11(2)10-18-14(16)9-12(3)19-15(17)13-7-5-4-6-8-13/h2*4-8,11-12H,9-10H2,1-3H3. The van der Waals surface area contributed by atoms with Crippen LogP contribution in [0.15, 0.2) is 60.7 Å². The Morgan fingerprint density at radius 1 is 0.553 bits per heavy atom. The molecule has 0 saturated carbocycles. The third-order valence-electron chi connectivity index (χ3n) is 4.70. The lowest BCUT2D eigenvalue weighted by Gasteiger charge is -2.13. The van der Waals surface area contributed by atoms with Gasteiger partial charge in [-0.25, -0.2) is 9.59 Å². The summed E-state index contributed by atoms with van der Waals surface area (Å²) in [5, 5.41) is 0. The van der Waals surface area contributed by atoms with Crippen molar-refractivity contribution in [2.75, 3.05) is 13.2 Å². The lowest BCUT2D eigenvalue weighted by Crippen LogP contribution is -2.21. The van der Waals surface area contributed by atoms with Gasteiger partial charge >= 0.3 is 23.9 Å². The van der Waals surface area contributed by atoms with Crippen LogP contribution in [0.3, 0.4) is 0 Å². The average Bonchev–Trinajstić information content (AvgIpc) is 2.87. The van der Waals surface area contributed by atoms with Gasteiger partial charge in [-0.1, -0.05) is 64.1 Å². The Labute approximate surface area is 225 Å². The molecule has 2 unspecified atom stereocenters. The Morgan fingerprint density at radius 3 is 1.16 bits per heavy atom. The molecule has 0 N–H and O–H groups in total. The summed E-state index contributed by atoms with van der Waals surface area (Å²) >= 11 is 0. The van der Waals surface area contributed by atoms with Crippen molar-refractivity contribution < 1.29 is 38.1 Å². The number of carbonyl (C=O) groups is 4. The normalized spacial score (nSPS) is 12.0. The molecule has 8 heteroatoms. The first-order valence-corrected chi connectivity index (χ1v) is 12.8. The largest absolute Gasteiger partial charge is 0.465 e. The molecule has 0 fully saturated rings. The highest BCUT2D eigenvalue weighted by Crippen LogP contribution is 2.08. The van der Waals surface area contributed by atoms with Crippen LogP contribution in [0.1, 0.15) is 75.1 Å². The number of esters is 4. The minimum Gasteiger partial charge on any atom is -0.465 e. The van der Waals surface area contributed by atoms with Crippen molar-refractivity contribution in [3.63, 3.8) is 0 Å². The van der Waals surface area contributed by atoms with Crippen molar-refractivity contribution in [2.24, 2.45) is 11.8 Å². The summed E-state index contributed by atoms with van der Waals surface area (Å²) in [6.45, 7) is 12.0. The second-order valence-corrected chi connectivity index (χ2v) is 9.73. The first-order chi connectivity index (χ1) is 18.0. The zero-order chi connectivity index (χ0) is 28.5. The van der Waals surface area contributed by atoms with E-state index in [0.29, 0.717) is 36.2 Å².